The van der Waals surface area contributed by atoms with Crippen LogP contribution in [0, 0.1) is 0 Å². The van der Waals surface area contributed by atoms with Gasteiger partial charge in [0.15, 0.2) is 0 Å². The molecule has 0 atom stereocenters. The molecule has 0 saturated carbocycles. The van der Waals surface area contributed by atoms with Crippen molar-refractivity contribution in [2.24, 2.45) is 0 Å². The molecule has 3 rings (SSSR count). The van der Waals surface area contributed by atoms with Crippen LogP contribution in [-0.2, 0) is 6.54 Å². The van der Waals surface area contributed by atoms with Gasteiger partial charge in [-0.15, -0.1) is 0 Å². The molecule has 1 aromatic carbocycles. The highest BCUT2D eigenvalue weighted by Crippen LogP contribution is 2.21. The predicted octanol–water partition coefficient (Wildman–Crippen LogP) is 4.44. The van der Waals surface area contributed by atoms with Crippen molar-refractivity contribution >= 4 is 55.0 Å². The molecule has 3 aromatic rings. The minimum Gasteiger partial charge on any atom is -0.346 e. The standard InChI is InChI=1S/C15H10Br2ClN3O/c16-9-1-3-12(13(18)5-9)15(22)19-6-11-8-21-7-10(17)2-4-14(21)20-11/h1-5,7-8H,6H2,(H,19,22). The number of amides is 1. The monoisotopic (exact) mass is 441 g/mol. The average molecular weight is 444 g/mol. The maximum Gasteiger partial charge on any atom is 0.253 e. The first kappa shape index (κ1) is 15.5. The van der Waals surface area contributed by atoms with Crippen LogP contribution in [0.1, 0.15) is 16.1 Å². The van der Waals surface area contributed by atoms with Gasteiger partial charge in [-0.2, -0.15) is 0 Å². The summed E-state index contributed by atoms with van der Waals surface area (Å²) >= 11 is 12.8. The van der Waals surface area contributed by atoms with Crippen LogP contribution in [0.5, 0.6) is 0 Å². The average Bonchev–Trinajstić information content (AvgIpc) is 2.86. The quantitative estimate of drug-likeness (QED) is 0.651. The summed E-state index contributed by atoms with van der Waals surface area (Å²) < 4.78 is 3.70. The maximum absolute atomic E-state index is 12.2. The number of hydrogen-bond donors (Lipinski definition) is 1. The smallest absolute Gasteiger partial charge is 0.253 e. The van der Waals surface area contributed by atoms with Crippen LogP contribution in [0.2, 0.25) is 5.02 Å². The minimum absolute atomic E-state index is 0.226. The van der Waals surface area contributed by atoms with Gasteiger partial charge in [0.25, 0.3) is 5.91 Å². The fourth-order valence-electron chi connectivity index (χ4n) is 2.04. The lowest BCUT2D eigenvalue weighted by Gasteiger charge is -2.05. The summed E-state index contributed by atoms with van der Waals surface area (Å²) in [6.45, 7) is 0.338. The molecule has 2 aromatic heterocycles. The van der Waals surface area contributed by atoms with Gasteiger partial charge >= 0.3 is 0 Å². The van der Waals surface area contributed by atoms with Crippen molar-refractivity contribution in [3.8, 4) is 0 Å². The Morgan fingerprint density at radius 2 is 1.95 bits per heavy atom. The molecule has 0 unspecified atom stereocenters. The van der Waals surface area contributed by atoms with Gasteiger partial charge in [0.1, 0.15) is 5.65 Å². The minimum atomic E-state index is -0.226. The molecule has 0 fully saturated rings. The second kappa shape index (κ2) is 6.40. The molecule has 0 spiro atoms. The number of carbonyl (C=O) groups excluding carboxylic acids is 1. The molecule has 4 nitrogen and oxygen atoms in total. The van der Waals surface area contributed by atoms with Crippen molar-refractivity contribution in [1.29, 1.82) is 0 Å². The largest absolute Gasteiger partial charge is 0.346 e. The molecule has 2 heterocycles. The lowest BCUT2D eigenvalue weighted by Crippen LogP contribution is -2.23. The number of imidazole rings is 1. The summed E-state index contributed by atoms with van der Waals surface area (Å²) in [5.41, 5.74) is 2.05. The number of aromatic nitrogens is 2. The van der Waals surface area contributed by atoms with E-state index < -0.39 is 0 Å². The summed E-state index contributed by atoms with van der Waals surface area (Å²) in [7, 11) is 0. The molecule has 7 heteroatoms. The van der Waals surface area contributed by atoms with Crippen LogP contribution in [0.3, 0.4) is 0 Å². The molecule has 1 amide bonds. The van der Waals surface area contributed by atoms with E-state index in [-0.39, 0.29) is 5.91 Å². The second-order valence-electron chi connectivity index (χ2n) is 4.65. The number of carbonyl (C=O) groups is 1. The number of hydrogen-bond acceptors (Lipinski definition) is 2. The van der Waals surface area contributed by atoms with E-state index in [2.05, 4.69) is 42.2 Å². The van der Waals surface area contributed by atoms with Crippen LogP contribution in [0.25, 0.3) is 5.65 Å². The molecule has 0 aliphatic rings. The Kier molecular flexibility index (Phi) is 4.52. The fourth-order valence-corrected chi connectivity index (χ4v) is 3.15. The number of nitrogens with one attached hydrogen (secondary N) is 1. The Hall–Kier alpha value is -1.37. The molecule has 112 valence electrons. The van der Waals surface area contributed by atoms with Crippen LogP contribution in [0.15, 0.2) is 51.7 Å². The normalized spacial score (nSPS) is 10.9. The van der Waals surface area contributed by atoms with Crippen molar-refractivity contribution in [1.82, 2.24) is 14.7 Å². The zero-order valence-corrected chi connectivity index (χ0v) is 15.1. The molecular weight excluding hydrogens is 433 g/mol. The van der Waals surface area contributed by atoms with Crippen molar-refractivity contribution in [3.05, 3.63) is 68.0 Å². The van der Waals surface area contributed by atoms with Gasteiger partial charge < -0.3 is 9.72 Å². The van der Waals surface area contributed by atoms with Gasteiger partial charge in [-0.25, -0.2) is 4.98 Å². The van der Waals surface area contributed by atoms with E-state index in [0.29, 0.717) is 17.1 Å². The predicted molar refractivity (Wildman–Crippen MR) is 93.2 cm³/mol. The van der Waals surface area contributed by atoms with E-state index in [1.54, 1.807) is 18.2 Å². The lowest BCUT2D eigenvalue weighted by atomic mass is 10.2. The SMILES string of the molecule is O=C(NCc1cn2cc(Br)ccc2n1)c1ccc(Br)cc1Cl. The first-order valence-electron chi connectivity index (χ1n) is 6.39. The number of halogens is 3. The highest BCUT2D eigenvalue weighted by molar-refractivity contribution is 9.10. The van der Waals surface area contributed by atoms with E-state index in [0.717, 1.165) is 20.3 Å². The lowest BCUT2D eigenvalue weighted by molar-refractivity contribution is 0.0950. The molecule has 0 saturated heterocycles. The van der Waals surface area contributed by atoms with Gasteiger partial charge in [-0.05, 0) is 46.3 Å². The second-order valence-corrected chi connectivity index (χ2v) is 6.89. The number of fused-ring (bicyclic) bond motifs is 1. The molecule has 0 bridgehead atoms. The first-order valence-corrected chi connectivity index (χ1v) is 8.36. The van der Waals surface area contributed by atoms with E-state index in [1.807, 2.05) is 28.9 Å². The van der Waals surface area contributed by atoms with Crippen molar-refractivity contribution in [3.63, 3.8) is 0 Å². The Balaban J connectivity index is 1.74. The third-order valence-electron chi connectivity index (χ3n) is 3.07. The van der Waals surface area contributed by atoms with Gasteiger partial charge in [-0.1, -0.05) is 27.5 Å². The zero-order chi connectivity index (χ0) is 15.7. The van der Waals surface area contributed by atoms with E-state index in [1.165, 1.54) is 0 Å². The van der Waals surface area contributed by atoms with Crippen LogP contribution >= 0.6 is 43.5 Å². The van der Waals surface area contributed by atoms with Crippen LogP contribution in [0.4, 0.5) is 0 Å². The van der Waals surface area contributed by atoms with E-state index >= 15 is 0 Å². The van der Waals surface area contributed by atoms with Crippen LogP contribution < -0.4 is 5.32 Å². The third kappa shape index (κ3) is 3.34. The molecular formula is C15H10Br2ClN3O. The Bertz CT molecular complexity index is 863. The highest BCUT2D eigenvalue weighted by atomic mass is 79.9. The van der Waals surface area contributed by atoms with Crippen LogP contribution in [-0.4, -0.2) is 15.3 Å². The van der Waals surface area contributed by atoms with E-state index in [4.69, 9.17) is 11.6 Å². The highest BCUT2D eigenvalue weighted by Gasteiger charge is 2.11. The Morgan fingerprint density at radius 3 is 2.73 bits per heavy atom. The van der Waals surface area contributed by atoms with Gasteiger partial charge in [0.05, 0.1) is 22.8 Å². The van der Waals surface area contributed by atoms with Crippen molar-refractivity contribution in [2.75, 3.05) is 0 Å². The third-order valence-corrected chi connectivity index (χ3v) is 4.35. The Labute approximate surface area is 148 Å². The van der Waals surface area contributed by atoms with Gasteiger partial charge in [0.2, 0.25) is 0 Å². The summed E-state index contributed by atoms with van der Waals surface area (Å²) in [4.78, 5) is 16.6. The number of rotatable bonds is 3. The number of benzene rings is 1. The van der Waals surface area contributed by atoms with Crippen molar-refractivity contribution in [2.45, 2.75) is 6.54 Å². The van der Waals surface area contributed by atoms with Gasteiger partial charge in [0, 0.05) is 21.3 Å². The summed E-state index contributed by atoms with van der Waals surface area (Å²) in [6, 6.07) is 8.98. The number of nitrogens with zero attached hydrogens (tertiary/aromatic N) is 2. The topological polar surface area (TPSA) is 46.4 Å². The maximum atomic E-state index is 12.2. The molecule has 0 aliphatic heterocycles. The van der Waals surface area contributed by atoms with Gasteiger partial charge in [-0.3, -0.25) is 4.79 Å². The van der Waals surface area contributed by atoms with Crippen molar-refractivity contribution < 1.29 is 4.79 Å². The first-order chi connectivity index (χ1) is 10.5. The zero-order valence-electron chi connectivity index (χ0n) is 11.2. The molecule has 0 aliphatic carbocycles. The summed E-state index contributed by atoms with van der Waals surface area (Å²) in [5, 5.41) is 3.23. The summed E-state index contributed by atoms with van der Waals surface area (Å²) in [6.07, 6.45) is 3.79. The Morgan fingerprint density at radius 1 is 1.18 bits per heavy atom. The number of pyridine rings is 1. The fraction of sp³-hybridized carbons (Fsp3) is 0.0667. The molecule has 0 radical (unpaired) electrons. The van der Waals surface area contributed by atoms with E-state index in [9.17, 15) is 4.79 Å². The molecule has 1 N–H and O–H groups in total. The summed E-state index contributed by atoms with van der Waals surface area (Å²) in [5.74, 6) is -0.226. The molecule has 22 heavy (non-hydrogen) atoms.